The number of nitrogens with two attached hydrogens (primary N) is 1. The molecule has 0 bridgehead atoms. The molecule has 2 N–H and O–H groups in total. The van der Waals surface area contributed by atoms with Crippen molar-refractivity contribution in [2.45, 2.75) is 25.2 Å². The Morgan fingerprint density at radius 1 is 1.08 bits per heavy atom. The van der Waals surface area contributed by atoms with E-state index < -0.39 is 0 Å². The van der Waals surface area contributed by atoms with Crippen LogP contribution in [-0.4, -0.2) is 9.97 Å². The molecule has 1 aromatic carbocycles. The van der Waals surface area contributed by atoms with Crippen molar-refractivity contribution in [1.82, 2.24) is 9.97 Å². The van der Waals surface area contributed by atoms with E-state index in [1.54, 1.807) is 11.3 Å². The van der Waals surface area contributed by atoms with Crippen LogP contribution in [0, 0.1) is 0 Å². The third-order valence-corrected chi connectivity index (χ3v) is 5.55. The summed E-state index contributed by atoms with van der Waals surface area (Å²) in [5.74, 6) is 3.40. The minimum Gasteiger partial charge on any atom is -0.457 e. The largest absolute Gasteiger partial charge is 0.457 e. The van der Waals surface area contributed by atoms with Gasteiger partial charge in [0.1, 0.15) is 16.4 Å². The minimum absolute atomic E-state index is 0.514. The van der Waals surface area contributed by atoms with Gasteiger partial charge in [-0.2, -0.15) is 0 Å². The average molecular weight is 347 g/mol. The normalized spacial score (nSPS) is 14.2. The molecule has 5 rings (SSSR count). The highest BCUT2D eigenvalue weighted by atomic mass is 32.1. The lowest BCUT2D eigenvalue weighted by Crippen LogP contribution is -1.95. The number of hydrogen-bond acceptors (Lipinski definition) is 5. The van der Waals surface area contributed by atoms with Gasteiger partial charge < -0.3 is 10.2 Å². The number of nitrogens with zero attached hydrogens (tertiary/aromatic N) is 2. The standard InChI is InChI=1S/C20H17N3OS/c21-18-15-11-14(10-12-4-2-1-3-5-12)25-20(15)23-19(22-18)17-9-8-16(24-17)13-6-7-13/h1-5,8-9,11,13H,6-7,10H2,(H2,21,22,23). The monoisotopic (exact) mass is 347 g/mol. The SMILES string of the molecule is Nc1nc(-c2ccc(C3CC3)o2)nc2sc(Cc3ccccc3)cc12. The van der Waals surface area contributed by atoms with Gasteiger partial charge in [-0.25, -0.2) is 9.97 Å². The lowest BCUT2D eigenvalue weighted by atomic mass is 10.1. The summed E-state index contributed by atoms with van der Waals surface area (Å²) in [7, 11) is 0. The highest BCUT2D eigenvalue weighted by Gasteiger charge is 2.27. The molecule has 3 aromatic heterocycles. The van der Waals surface area contributed by atoms with Gasteiger partial charge in [-0.15, -0.1) is 11.3 Å². The molecule has 5 heteroatoms. The molecule has 0 spiro atoms. The summed E-state index contributed by atoms with van der Waals surface area (Å²) in [5, 5.41) is 0.925. The molecule has 25 heavy (non-hydrogen) atoms. The molecule has 0 aliphatic heterocycles. The van der Waals surface area contributed by atoms with Gasteiger partial charge in [0, 0.05) is 17.2 Å². The van der Waals surface area contributed by atoms with E-state index in [0.717, 1.165) is 22.4 Å². The molecule has 124 valence electrons. The second-order valence-corrected chi connectivity index (χ2v) is 7.62. The first kappa shape index (κ1) is 14.7. The van der Waals surface area contributed by atoms with Gasteiger partial charge in [0.2, 0.25) is 0 Å². The quantitative estimate of drug-likeness (QED) is 0.564. The number of thiophene rings is 1. The maximum atomic E-state index is 6.19. The Morgan fingerprint density at radius 3 is 2.72 bits per heavy atom. The van der Waals surface area contributed by atoms with E-state index in [2.05, 4.69) is 35.3 Å². The number of furan rings is 1. The molecule has 0 unspecified atom stereocenters. The zero-order chi connectivity index (χ0) is 16.8. The molecule has 0 atom stereocenters. The molecule has 4 aromatic rings. The van der Waals surface area contributed by atoms with Crippen molar-refractivity contribution in [2.75, 3.05) is 5.73 Å². The average Bonchev–Trinajstić information content (AvgIpc) is 3.20. The predicted octanol–water partition coefficient (Wildman–Crippen LogP) is 5.00. The molecule has 1 aliphatic carbocycles. The molecule has 1 fully saturated rings. The minimum atomic E-state index is 0.514. The van der Waals surface area contributed by atoms with E-state index in [4.69, 9.17) is 15.1 Å². The topological polar surface area (TPSA) is 64.9 Å². The zero-order valence-corrected chi connectivity index (χ0v) is 14.4. The molecule has 0 amide bonds. The van der Waals surface area contributed by atoms with Gasteiger partial charge in [-0.3, -0.25) is 0 Å². The van der Waals surface area contributed by atoms with Crippen molar-refractivity contribution in [3.63, 3.8) is 0 Å². The Hall–Kier alpha value is -2.66. The first-order chi connectivity index (χ1) is 12.3. The molecule has 1 aliphatic rings. The Kier molecular flexibility index (Phi) is 3.35. The number of fused-ring (bicyclic) bond motifs is 1. The van der Waals surface area contributed by atoms with Crippen LogP contribution in [0.3, 0.4) is 0 Å². The Labute approximate surface area is 149 Å². The summed E-state index contributed by atoms with van der Waals surface area (Å²) in [4.78, 5) is 11.3. The summed E-state index contributed by atoms with van der Waals surface area (Å²) in [5.41, 5.74) is 7.47. The summed E-state index contributed by atoms with van der Waals surface area (Å²) in [6.07, 6.45) is 3.30. The Bertz CT molecular complexity index is 1050. The second-order valence-electron chi connectivity index (χ2n) is 6.50. The number of nitrogen functional groups attached to an aromatic ring is 1. The fraction of sp³-hybridized carbons (Fsp3) is 0.200. The molecule has 0 saturated heterocycles. The fourth-order valence-electron chi connectivity index (χ4n) is 3.05. The lowest BCUT2D eigenvalue weighted by Gasteiger charge is -1.99. The smallest absolute Gasteiger partial charge is 0.199 e. The van der Waals surface area contributed by atoms with Crippen LogP contribution in [0.15, 0.2) is 52.9 Å². The maximum Gasteiger partial charge on any atom is 0.199 e. The van der Waals surface area contributed by atoms with Crippen LogP contribution >= 0.6 is 11.3 Å². The molecule has 3 heterocycles. The summed E-state index contributed by atoms with van der Waals surface area (Å²) in [6, 6.07) is 16.5. The van der Waals surface area contributed by atoms with Gasteiger partial charge in [0.25, 0.3) is 0 Å². The Balaban J connectivity index is 1.51. The van der Waals surface area contributed by atoms with Crippen molar-refractivity contribution in [1.29, 1.82) is 0 Å². The van der Waals surface area contributed by atoms with Crippen LogP contribution in [0.1, 0.15) is 35.0 Å². The van der Waals surface area contributed by atoms with Crippen LogP contribution in [0.2, 0.25) is 0 Å². The van der Waals surface area contributed by atoms with Crippen LogP contribution in [0.5, 0.6) is 0 Å². The van der Waals surface area contributed by atoms with Gasteiger partial charge in [0.15, 0.2) is 11.6 Å². The zero-order valence-electron chi connectivity index (χ0n) is 13.6. The van der Waals surface area contributed by atoms with Gasteiger partial charge >= 0.3 is 0 Å². The fourth-order valence-corrected chi connectivity index (χ4v) is 4.12. The van der Waals surface area contributed by atoms with E-state index in [-0.39, 0.29) is 0 Å². The molecule has 1 saturated carbocycles. The number of hydrogen-bond donors (Lipinski definition) is 1. The van der Waals surface area contributed by atoms with Crippen molar-refractivity contribution in [3.8, 4) is 11.6 Å². The van der Waals surface area contributed by atoms with Crippen LogP contribution < -0.4 is 5.73 Å². The number of rotatable bonds is 4. The van der Waals surface area contributed by atoms with Crippen molar-refractivity contribution in [3.05, 3.63) is 64.7 Å². The van der Waals surface area contributed by atoms with Crippen LogP contribution in [0.4, 0.5) is 5.82 Å². The van der Waals surface area contributed by atoms with Crippen molar-refractivity contribution >= 4 is 27.4 Å². The van der Waals surface area contributed by atoms with Crippen molar-refractivity contribution in [2.24, 2.45) is 0 Å². The molecule has 4 nitrogen and oxygen atoms in total. The van der Waals surface area contributed by atoms with Gasteiger partial charge in [-0.1, -0.05) is 30.3 Å². The summed E-state index contributed by atoms with van der Waals surface area (Å²) in [6.45, 7) is 0. The summed E-state index contributed by atoms with van der Waals surface area (Å²) >= 11 is 1.67. The predicted molar refractivity (Wildman–Crippen MR) is 101 cm³/mol. The van der Waals surface area contributed by atoms with Crippen LogP contribution in [0.25, 0.3) is 21.8 Å². The first-order valence-corrected chi connectivity index (χ1v) is 9.28. The molecular weight excluding hydrogens is 330 g/mol. The highest BCUT2D eigenvalue weighted by molar-refractivity contribution is 7.18. The van der Waals surface area contributed by atoms with E-state index in [1.165, 1.54) is 23.3 Å². The van der Waals surface area contributed by atoms with E-state index >= 15 is 0 Å². The van der Waals surface area contributed by atoms with Gasteiger partial charge in [-0.05, 0) is 36.6 Å². The number of anilines is 1. The first-order valence-electron chi connectivity index (χ1n) is 8.46. The number of benzene rings is 1. The van der Waals surface area contributed by atoms with E-state index in [9.17, 15) is 0 Å². The third-order valence-electron chi connectivity index (χ3n) is 4.52. The summed E-state index contributed by atoms with van der Waals surface area (Å²) < 4.78 is 5.92. The van der Waals surface area contributed by atoms with E-state index in [0.29, 0.717) is 23.3 Å². The van der Waals surface area contributed by atoms with Gasteiger partial charge in [0.05, 0.1) is 5.39 Å². The van der Waals surface area contributed by atoms with Crippen molar-refractivity contribution < 1.29 is 4.42 Å². The third kappa shape index (κ3) is 2.81. The highest BCUT2D eigenvalue weighted by Crippen LogP contribution is 2.42. The molecular formula is C20H17N3OS. The lowest BCUT2D eigenvalue weighted by molar-refractivity contribution is 0.522. The molecule has 0 radical (unpaired) electrons. The maximum absolute atomic E-state index is 6.19. The van der Waals surface area contributed by atoms with E-state index in [1.807, 2.05) is 18.2 Å². The van der Waals surface area contributed by atoms with Crippen LogP contribution in [-0.2, 0) is 6.42 Å². The number of aromatic nitrogens is 2. The second kappa shape index (κ2) is 5.70. The Morgan fingerprint density at radius 2 is 1.92 bits per heavy atom.